The van der Waals surface area contributed by atoms with Crippen molar-refractivity contribution in [1.29, 1.82) is 0 Å². The lowest BCUT2D eigenvalue weighted by Gasteiger charge is -2.30. The zero-order valence-corrected chi connectivity index (χ0v) is 17.6. The van der Waals surface area contributed by atoms with Crippen molar-refractivity contribution in [1.82, 2.24) is 19.5 Å². The van der Waals surface area contributed by atoms with E-state index < -0.39 is 22.0 Å². The van der Waals surface area contributed by atoms with Crippen LogP contribution in [0.1, 0.15) is 18.2 Å². The number of amides is 2. The van der Waals surface area contributed by atoms with Crippen LogP contribution in [0.4, 0.5) is 0 Å². The molecule has 2 rings (SSSR count). The van der Waals surface area contributed by atoms with Gasteiger partial charge in [-0.1, -0.05) is 36.4 Å². The molecular weight excluding hydrogens is 392 g/mol. The Morgan fingerprint density at radius 2 is 1.76 bits per heavy atom. The maximum Gasteiger partial charge on any atom is 0.242 e. The molecule has 0 saturated carbocycles. The van der Waals surface area contributed by atoms with Crippen molar-refractivity contribution in [2.45, 2.75) is 26.1 Å². The van der Waals surface area contributed by atoms with E-state index in [1.807, 2.05) is 36.4 Å². The molecule has 9 heteroatoms. The van der Waals surface area contributed by atoms with Crippen molar-refractivity contribution in [3.63, 3.8) is 0 Å². The number of rotatable bonds is 9. The number of hydrogen-bond acceptors (Lipinski definition) is 5. The maximum atomic E-state index is 12.9. The minimum absolute atomic E-state index is 0.190. The van der Waals surface area contributed by atoms with Crippen LogP contribution in [0.15, 0.2) is 54.7 Å². The van der Waals surface area contributed by atoms with E-state index >= 15 is 0 Å². The van der Waals surface area contributed by atoms with Gasteiger partial charge in [0.1, 0.15) is 6.04 Å². The van der Waals surface area contributed by atoms with Crippen molar-refractivity contribution >= 4 is 21.8 Å². The van der Waals surface area contributed by atoms with Crippen LogP contribution in [0, 0.1) is 0 Å². The van der Waals surface area contributed by atoms with Gasteiger partial charge in [0.2, 0.25) is 21.8 Å². The Balaban J connectivity index is 2.13. The zero-order chi connectivity index (χ0) is 21.4. The molecule has 0 radical (unpaired) electrons. The molecule has 8 nitrogen and oxygen atoms in total. The number of nitrogens with zero attached hydrogens (tertiary/aromatic N) is 3. The van der Waals surface area contributed by atoms with Crippen LogP contribution in [-0.4, -0.2) is 60.3 Å². The molecule has 1 unspecified atom stereocenters. The average molecular weight is 419 g/mol. The van der Waals surface area contributed by atoms with E-state index in [1.165, 1.54) is 11.9 Å². The van der Waals surface area contributed by atoms with E-state index in [1.54, 1.807) is 25.3 Å². The van der Waals surface area contributed by atoms with Crippen LogP contribution in [0.5, 0.6) is 0 Å². The summed E-state index contributed by atoms with van der Waals surface area (Å²) < 4.78 is 24.3. The number of pyridine rings is 1. The molecule has 1 aromatic heterocycles. The third-order valence-electron chi connectivity index (χ3n) is 4.46. The summed E-state index contributed by atoms with van der Waals surface area (Å²) in [6.07, 6.45) is 2.67. The van der Waals surface area contributed by atoms with E-state index in [-0.39, 0.29) is 25.5 Å². The summed E-state index contributed by atoms with van der Waals surface area (Å²) in [6, 6.07) is 13.8. The molecule has 0 aliphatic carbocycles. The molecule has 1 heterocycles. The molecular formula is C20H26N4O4S. The van der Waals surface area contributed by atoms with Gasteiger partial charge in [0, 0.05) is 19.8 Å². The first-order valence-corrected chi connectivity index (χ1v) is 11.0. The summed E-state index contributed by atoms with van der Waals surface area (Å²) in [5.74, 6) is -0.802. The molecule has 0 bridgehead atoms. The Hall–Kier alpha value is -2.78. The lowest BCUT2D eigenvalue weighted by Crippen LogP contribution is -2.50. The van der Waals surface area contributed by atoms with Gasteiger partial charge in [0.05, 0.1) is 25.0 Å². The van der Waals surface area contributed by atoms with Gasteiger partial charge in [-0.15, -0.1) is 0 Å². The summed E-state index contributed by atoms with van der Waals surface area (Å²) in [7, 11) is -2.19. The predicted molar refractivity (Wildman–Crippen MR) is 110 cm³/mol. The summed E-state index contributed by atoms with van der Waals surface area (Å²) in [5, 5.41) is 2.78. The lowest BCUT2D eigenvalue weighted by atomic mass is 10.1. The third kappa shape index (κ3) is 6.95. The summed E-state index contributed by atoms with van der Waals surface area (Å²) in [5.41, 5.74) is 1.54. The fraction of sp³-hybridized carbons (Fsp3) is 0.350. The van der Waals surface area contributed by atoms with Gasteiger partial charge in [-0.05, 0) is 24.6 Å². The highest BCUT2D eigenvalue weighted by atomic mass is 32.2. The van der Waals surface area contributed by atoms with Gasteiger partial charge >= 0.3 is 0 Å². The second-order valence-corrected chi connectivity index (χ2v) is 8.83. The molecule has 0 fully saturated rings. The van der Waals surface area contributed by atoms with Crippen molar-refractivity contribution < 1.29 is 18.0 Å². The maximum absolute atomic E-state index is 12.9. The number of likely N-dealkylation sites (N-methyl/N-ethyl adjacent to an activating group) is 1. The lowest BCUT2D eigenvalue weighted by molar-refractivity contribution is -0.140. The van der Waals surface area contributed by atoms with E-state index in [9.17, 15) is 18.0 Å². The van der Waals surface area contributed by atoms with Gasteiger partial charge in [0.15, 0.2) is 0 Å². The van der Waals surface area contributed by atoms with Crippen LogP contribution < -0.4 is 5.32 Å². The molecule has 29 heavy (non-hydrogen) atoms. The van der Waals surface area contributed by atoms with Gasteiger partial charge in [-0.2, -0.15) is 4.31 Å². The zero-order valence-electron chi connectivity index (χ0n) is 16.8. The quantitative estimate of drug-likeness (QED) is 0.655. The smallest absolute Gasteiger partial charge is 0.242 e. The van der Waals surface area contributed by atoms with E-state index in [0.29, 0.717) is 5.69 Å². The molecule has 0 aliphatic heterocycles. The first-order chi connectivity index (χ1) is 13.7. The Bertz CT molecular complexity index is 920. The number of aromatic nitrogens is 1. The predicted octanol–water partition coefficient (Wildman–Crippen LogP) is 1.01. The van der Waals surface area contributed by atoms with Crippen LogP contribution in [0.25, 0.3) is 0 Å². The fourth-order valence-corrected chi connectivity index (χ4v) is 2.93. The Labute approximate surface area is 171 Å². The van der Waals surface area contributed by atoms with Gasteiger partial charge in [-0.3, -0.25) is 14.6 Å². The summed E-state index contributed by atoms with van der Waals surface area (Å²) >= 11 is 0. The van der Waals surface area contributed by atoms with Crippen molar-refractivity contribution in [2.24, 2.45) is 0 Å². The molecule has 0 spiro atoms. The van der Waals surface area contributed by atoms with Crippen LogP contribution >= 0.6 is 0 Å². The highest BCUT2D eigenvalue weighted by Crippen LogP contribution is 2.11. The number of hydrogen-bond donors (Lipinski definition) is 1. The van der Waals surface area contributed by atoms with Crippen LogP contribution in [0.2, 0.25) is 0 Å². The topological polar surface area (TPSA) is 99.7 Å². The number of sulfonamides is 1. The SMILES string of the molecule is CC(C(=O)NCc1ccccn1)N(Cc1ccccc1)C(=O)CN(C)S(C)(=O)=O. The molecule has 2 aromatic rings. The Morgan fingerprint density at radius 1 is 1.10 bits per heavy atom. The normalized spacial score (nSPS) is 12.4. The Kier molecular flexibility index (Phi) is 7.86. The Morgan fingerprint density at radius 3 is 2.34 bits per heavy atom. The van der Waals surface area contributed by atoms with Crippen LogP contribution in [0.3, 0.4) is 0 Å². The summed E-state index contributed by atoms with van der Waals surface area (Å²) in [4.78, 5) is 31.1. The first kappa shape index (κ1) is 22.5. The minimum Gasteiger partial charge on any atom is -0.349 e. The van der Waals surface area contributed by atoms with Crippen LogP contribution in [-0.2, 0) is 32.7 Å². The molecule has 1 N–H and O–H groups in total. The second kappa shape index (κ2) is 10.1. The van der Waals surface area contributed by atoms with Crippen molar-refractivity contribution in [3.8, 4) is 0 Å². The average Bonchev–Trinajstić information content (AvgIpc) is 2.70. The second-order valence-electron chi connectivity index (χ2n) is 6.74. The van der Waals surface area contributed by atoms with Crippen molar-refractivity contribution in [2.75, 3.05) is 19.8 Å². The molecule has 0 aliphatic rings. The van der Waals surface area contributed by atoms with E-state index in [0.717, 1.165) is 16.1 Å². The van der Waals surface area contributed by atoms with Crippen molar-refractivity contribution in [3.05, 3.63) is 66.0 Å². The molecule has 2 amide bonds. The molecule has 156 valence electrons. The van der Waals surface area contributed by atoms with Gasteiger partial charge in [-0.25, -0.2) is 8.42 Å². The number of carbonyl (C=O) groups excluding carboxylic acids is 2. The van der Waals surface area contributed by atoms with E-state index in [4.69, 9.17) is 0 Å². The highest BCUT2D eigenvalue weighted by molar-refractivity contribution is 7.88. The number of benzene rings is 1. The highest BCUT2D eigenvalue weighted by Gasteiger charge is 2.28. The molecule has 1 atom stereocenters. The third-order valence-corrected chi connectivity index (χ3v) is 5.72. The van der Waals surface area contributed by atoms with E-state index in [2.05, 4.69) is 10.3 Å². The minimum atomic E-state index is -3.52. The number of carbonyl (C=O) groups is 2. The standard InChI is InChI=1S/C20H26N4O4S/c1-16(20(26)22-13-18-11-7-8-12-21-18)24(14-17-9-5-4-6-10-17)19(25)15-23(2)29(3,27)28/h4-12,16H,13-15H2,1-3H3,(H,22,26). The summed E-state index contributed by atoms with van der Waals surface area (Å²) in [6.45, 7) is 1.70. The first-order valence-electron chi connectivity index (χ1n) is 9.11. The number of nitrogens with one attached hydrogen (secondary N) is 1. The molecule has 1 aromatic carbocycles. The largest absolute Gasteiger partial charge is 0.349 e. The van der Waals surface area contributed by atoms with Gasteiger partial charge < -0.3 is 10.2 Å². The van der Waals surface area contributed by atoms with Gasteiger partial charge in [0.25, 0.3) is 0 Å². The molecule has 0 saturated heterocycles. The fourth-order valence-electron chi connectivity index (χ4n) is 2.59. The monoisotopic (exact) mass is 418 g/mol.